The lowest BCUT2D eigenvalue weighted by Crippen LogP contribution is -2.43. The second kappa shape index (κ2) is 7.29. The summed E-state index contributed by atoms with van der Waals surface area (Å²) in [6.45, 7) is 9.39. The summed E-state index contributed by atoms with van der Waals surface area (Å²) in [6.07, 6.45) is 0. The largest absolute Gasteiger partial charge is 0.304 e. The van der Waals surface area contributed by atoms with E-state index in [1.165, 1.54) is 5.56 Å². The number of aryl methyl sites for hydroxylation is 2. The van der Waals surface area contributed by atoms with E-state index in [9.17, 15) is 4.79 Å². The number of ketones is 1. The minimum atomic E-state index is 0.113. The maximum absolute atomic E-state index is 12.8. The van der Waals surface area contributed by atoms with Gasteiger partial charge >= 0.3 is 0 Å². The SMILES string of the molecule is Cc1cc(C)cc(C(=O)c2cccc(CN3CCN(C)CC3)c2)c1. The Hall–Kier alpha value is -1.97. The average molecular weight is 322 g/mol. The van der Waals surface area contributed by atoms with Crippen LogP contribution in [0.2, 0.25) is 0 Å². The molecule has 0 saturated carbocycles. The highest BCUT2D eigenvalue weighted by molar-refractivity contribution is 6.09. The zero-order chi connectivity index (χ0) is 17.1. The Morgan fingerprint density at radius 3 is 2.25 bits per heavy atom. The molecule has 0 atom stereocenters. The van der Waals surface area contributed by atoms with Crippen LogP contribution in [0.25, 0.3) is 0 Å². The number of rotatable bonds is 4. The summed E-state index contributed by atoms with van der Waals surface area (Å²) < 4.78 is 0. The van der Waals surface area contributed by atoms with Crippen molar-refractivity contribution in [2.75, 3.05) is 33.2 Å². The number of carbonyl (C=O) groups is 1. The van der Waals surface area contributed by atoms with Crippen LogP contribution < -0.4 is 0 Å². The molecule has 126 valence electrons. The zero-order valence-electron chi connectivity index (χ0n) is 14.9. The van der Waals surface area contributed by atoms with Crippen molar-refractivity contribution in [3.8, 4) is 0 Å². The molecule has 24 heavy (non-hydrogen) atoms. The van der Waals surface area contributed by atoms with E-state index in [-0.39, 0.29) is 5.78 Å². The molecule has 0 spiro atoms. The number of nitrogens with zero attached hydrogens (tertiary/aromatic N) is 2. The van der Waals surface area contributed by atoms with E-state index in [1.807, 2.05) is 38.1 Å². The van der Waals surface area contributed by atoms with Crippen molar-refractivity contribution in [3.63, 3.8) is 0 Å². The predicted molar refractivity (Wildman–Crippen MR) is 98.6 cm³/mol. The number of likely N-dealkylation sites (N-methyl/N-ethyl adjacent to an activating group) is 1. The molecule has 1 aliphatic heterocycles. The van der Waals surface area contributed by atoms with Crippen LogP contribution in [-0.2, 0) is 6.54 Å². The molecule has 0 aromatic heterocycles. The molecule has 3 nitrogen and oxygen atoms in total. The summed E-state index contributed by atoms with van der Waals surface area (Å²) in [7, 11) is 2.17. The van der Waals surface area contributed by atoms with Gasteiger partial charge in [0.1, 0.15) is 0 Å². The van der Waals surface area contributed by atoms with Crippen LogP contribution in [0.3, 0.4) is 0 Å². The Labute approximate surface area is 144 Å². The zero-order valence-corrected chi connectivity index (χ0v) is 14.9. The highest BCUT2D eigenvalue weighted by atomic mass is 16.1. The molecule has 2 aromatic rings. The third-order valence-corrected chi connectivity index (χ3v) is 4.68. The fourth-order valence-electron chi connectivity index (χ4n) is 3.35. The van der Waals surface area contributed by atoms with Crippen molar-refractivity contribution >= 4 is 5.78 Å². The lowest BCUT2D eigenvalue weighted by Gasteiger charge is -2.32. The lowest BCUT2D eigenvalue weighted by atomic mass is 9.98. The Morgan fingerprint density at radius 2 is 1.58 bits per heavy atom. The molecular formula is C21H26N2O. The van der Waals surface area contributed by atoms with Gasteiger partial charge in [0, 0.05) is 43.9 Å². The van der Waals surface area contributed by atoms with Gasteiger partial charge in [-0.3, -0.25) is 9.69 Å². The molecule has 0 radical (unpaired) electrons. The van der Waals surface area contributed by atoms with E-state index in [4.69, 9.17) is 0 Å². The van der Waals surface area contributed by atoms with Crippen molar-refractivity contribution in [1.29, 1.82) is 0 Å². The van der Waals surface area contributed by atoms with Crippen molar-refractivity contribution in [2.24, 2.45) is 0 Å². The molecule has 1 saturated heterocycles. The number of benzene rings is 2. The second-order valence-corrected chi connectivity index (χ2v) is 6.99. The van der Waals surface area contributed by atoms with Gasteiger partial charge in [-0.25, -0.2) is 0 Å². The van der Waals surface area contributed by atoms with Gasteiger partial charge in [0.05, 0.1) is 0 Å². The van der Waals surface area contributed by atoms with Gasteiger partial charge in [0.15, 0.2) is 5.78 Å². The Bertz CT molecular complexity index is 710. The Morgan fingerprint density at radius 1 is 0.917 bits per heavy atom. The van der Waals surface area contributed by atoms with Gasteiger partial charge in [0.2, 0.25) is 0 Å². The number of hydrogen-bond donors (Lipinski definition) is 0. The summed E-state index contributed by atoms with van der Waals surface area (Å²) >= 11 is 0. The molecule has 1 fully saturated rings. The third kappa shape index (κ3) is 4.11. The monoisotopic (exact) mass is 322 g/mol. The molecule has 0 bridgehead atoms. The summed E-state index contributed by atoms with van der Waals surface area (Å²) in [6, 6.07) is 14.1. The van der Waals surface area contributed by atoms with Crippen LogP contribution in [-0.4, -0.2) is 48.8 Å². The Balaban J connectivity index is 1.76. The van der Waals surface area contributed by atoms with Crippen LogP contribution in [0.15, 0.2) is 42.5 Å². The highest BCUT2D eigenvalue weighted by Gasteiger charge is 2.15. The minimum Gasteiger partial charge on any atom is -0.304 e. The first-order chi connectivity index (χ1) is 11.5. The van der Waals surface area contributed by atoms with Gasteiger partial charge < -0.3 is 4.90 Å². The maximum atomic E-state index is 12.8. The van der Waals surface area contributed by atoms with Gasteiger partial charge in [-0.2, -0.15) is 0 Å². The quantitative estimate of drug-likeness (QED) is 0.807. The Kier molecular flexibility index (Phi) is 5.12. The molecule has 0 unspecified atom stereocenters. The van der Waals surface area contributed by atoms with Crippen molar-refractivity contribution in [2.45, 2.75) is 20.4 Å². The number of carbonyl (C=O) groups excluding carboxylic acids is 1. The molecule has 0 amide bonds. The predicted octanol–water partition coefficient (Wildman–Crippen LogP) is 3.28. The standard InChI is InChI=1S/C21H26N2O/c1-16-11-17(2)13-20(12-16)21(24)19-6-4-5-18(14-19)15-23-9-7-22(3)8-10-23/h4-6,11-14H,7-10,15H2,1-3H3. The topological polar surface area (TPSA) is 23.6 Å². The molecule has 3 rings (SSSR count). The van der Waals surface area contributed by atoms with E-state index in [2.05, 4.69) is 35.0 Å². The summed E-state index contributed by atoms with van der Waals surface area (Å²) in [5, 5.41) is 0. The summed E-state index contributed by atoms with van der Waals surface area (Å²) in [4.78, 5) is 17.6. The van der Waals surface area contributed by atoms with Crippen molar-refractivity contribution in [1.82, 2.24) is 9.80 Å². The van der Waals surface area contributed by atoms with E-state index < -0.39 is 0 Å². The average Bonchev–Trinajstić information content (AvgIpc) is 2.56. The van der Waals surface area contributed by atoms with Gasteiger partial charge in [0.25, 0.3) is 0 Å². The first-order valence-corrected chi connectivity index (χ1v) is 8.64. The van der Waals surface area contributed by atoms with Crippen LogP contribution in [0.1, 0.15) is 32.6 Å². The van der Waals surface area contributed by atoms with Gasteiger partial charge in [-0.05, 0) is 44.7 Å². The normalized spacial score (nSPS) is 16.3. The molecule has 3 heteroatoms. The van der Waals surface area contributed by atoms with Crippen LogP contribution in [0.5, 0.6) is 0 Å². The third-order valence-electron chi connectivity index (χ3n) is 4.68. The van der Waals surface area contributed by atoms with Crippen LogP contribution >= 0.6 is 0 Å². The van der Waals surface area contributed by atoms with Crippen molar-refractivity contribution in [3.05, 3.63) is 70.3 Å². The lowest BCUT2D eigenvalue weighted by molar-refractivity contribution is 0.103. The smallest absolute Gasteiger partial charge is 0.193 e. The van der Waals surface area contributed by atoms with E-state index in [0.717, 1.165) is 55.0 Å². The number of piperazine rings is 1. The van der Waals surface area contributed by atoms with Gasteiger partial charge in [-0.15, -0.1) is 0 Å². The van der Waals surface area contributed by atoms with Gasteiger partial charge in [-0.1, -0.05) is 35.4 Å². The van der Waals surface area contributed by atoms with E-state index in [0.29, 0.717) is 0 Å². The number of hydrogen-bond acceptors (Lipinski definition) is 3. The molecule has 0 N–H and O–H groups in total. The first kappa shape index (κ1) is 16.9. The molecule has 2 aromatic carbocycles. The van der Waals surface area contributed by atoms with Crippen LogP contribution in [0.4, 0.5) is 0 Å². The van der Waals surface area contributed by atoms with Crippen LogP contribution in [0, 0.1) is 13.8 Å². The van der Waals surface area contributed by atoms with Crippen molar-refractivity contribution < 1.29 is 4.79 Å². The maximum Gasteiger partial charge on any atom is 0.193 e. The van der Waals surface area contributed by atoms with E-state index >= 15 is 0 Å². The molecular weight excluding hydrogens is 296 g/mol. The fraction of sp³-hybridized carbons (Fsp3) is 0.381. The summed E-state index contributed by atoms with van der Waals surface area (Å²) in [5.74, 6) is 0.113. The minimum absolute atomic E-state index is 0.113. The molecule has 1 aliphatic rings. The van der Waals surface area contributed by atoms with E-state index in [1.54, 1.807) is 0 Å². The second-order valence-electron chi connectivity index (χ2n) is 6.99. The molecule has 0 aliphatic carbocycles. The summed E-state index contributed by atoms with van der Waals surface area (Å²) in [5.41, 5.74) is 5.05. The first-order valence-electron chi connectivity index (χ1n) is 8.64. The highest BCUT2D eigenvalue weighted by Crippen LogP contribution is 2.16. The molecule has 1 heterocycles. The fourth-order valence-corrected chi connectivity index (χ4v) is 3.35.